The van der Waals surface area contributed by atoms with Crippen molar-refractivity contribution >= 4 is 43.4 Å². The molecular weight excluding hydrogens is 292 g/mol. The van der Waals surface area contributed by atoms with Gasteiger partial charge in [-0.25, -0.2) is 0 Å². The lowest BCUT2D eigenvalue weighted by Crippen LogP contribution is -2.21. The minimum atomic E-state index is -0.715. The number of halogens is 2. The van der Waals surface area contributed by atoms with Crippen LogP contribution < -0.4 is 0 Å². The maximum absolute atomic E-state index is 11.1. The third-order valence-electron chi connectivity index (χ3n) is 1.49. The highest BCUT2D eigenvalue weighted by molar-refractivity contribution is 9.12. The molecule has 1 aliphatic carbocycles. The van der Waals surface area contributed by atoms with Crippen LogP contribution in [0, 0.1) is 0 Å². The number of aliphatic hydroxyl groups excluding tert-OH is 1. The van der Waals surface area contributed by atoms with Gasteiger partial charge in [-0.1, -0.05) is 0 Å². The van der Waals surface area contributed by atoms with Gasteiger partial charge in [-0.2, -0.15) is 0 Å². The molecule has 0 heterocycles. The SMILES string of the molecule is CC1=C(Br)C(O)=C(Br)C(=O)C1=O. The summed E-state index contributed by atoms with van der Waals surface area (Å²) in [5, 5.41) is 9.26. The van der Waals surface area contributed by atoms with E-state index >= 15 is 0 Å². The van der Waals surface area contributed by atoms with Crippen LogP contribution in [0.3, 0.4) is 0 Å². The molecule has 0 atom stereocenters. The second-order valence-electron chi connectivity index (χ2n) is 2.26. The van der Waals surface area contributed by atoms with Crippen molar-refractivity contribution in [3.63, 3.8) is 0 Å². The molecule has 0 aromatic carbocycles. The summed E-state index contributed by atoms with van der Waals surface area (Å²) >= 11 is 5.82. The van der Waals surface area contributed by atoms with Gasteiger partial charge in [-0.3, -0.25) is 9.59 Å². The Hall–Kier alpha value is -0.420. The van der Waals surface area contributed by atoms with Crippen molar-refractivity contribution in [2.45, 2.75) is 6.92 Å². The standard InChI is InChI=1S/C7H4Br2O3/c1-2-3(8)6(11)4(9)7(12)5(2)10/h11H,1H3. The first-order chi connectivity index (χ1) is 5.46. The molecule has 0 amide bonds. The van der Waals surface area contributed by atoms with Gasteiger partial charge in [0.1, 0.15) is 10.2 Å². The molecular formula is C7H4Br2O3. The molecule has 1 rings (SSSR count). The monoisotopic (exact) mass is 294 g/mol. The Labute approximate surface area is 85.4 Å². The second-order valence-corrected chi connectivity index (χ2v) is 3.85. The average molecular weight is 296 g/mol. The van der Waals surface area contributed by atoms with Crippen molar-refractivity contribution in [2.24, 2.45) is 0 Å². The van der Waals surface area contributed by atoms with E-state index in [0.717, 1.165) is 0 Å². The topological polar surface area (TPSA) is 54.4 Å². The third kappa shape index (κ3) is 1.27. The molecule has 0 radical (unpaired) electrons. The number of Topliss-reactive ketones (excluding diaryl/α,β-unsaturated/α-hetero) is 2. The zero-order chi connectivity index (χ0) is 9.46. The number of ketones is 2. The summed E-state index contributed by atoms with van der Waals surface area (Å²) in [6.45, 7) is 1.47. The van der Waals surface area contributed by atoms with Crippen molar-refractivity contribution in [1.29, 1.82) is 0 Å². The Morgan fingerprint density at radius 1 is 1.08 bits per heavy atom. The van der Waals surface area contributed by atoms with Crippen LogP contribution in [-0.4, -0.2) is 16.7 Å². The molecule has 0 saturated heterocycles. The van der Waals surface area contributed by atoms with Crippen molar-refractivity contribution in [2.75, 3.05) is 0 Å². The predicted octanol–water partition coefficient (Wildman–Crippen LogP) is 1.97. The van der Waals surface area contributed by atoms with Crippen LogP contribution in [0.2, 0.25) is 0 Å². The van der Waals surface area contributed by atoms with E-state index in [4.69, 9.17) is 0 Å². The Bertz CT molecular complexity index is 289. The van der Waals surface area contributed by atoms with E-state index in [0.29, 0.717) is 0 Å². The summed E-state index contributed by atoms with van der Waals surface area (Å²) in [5.41, 5.74) is 0.223. The lowest BCUT2D eigenvalue weighted by Gasteiger charge is -2.11. The van der Waals surface area contributed by atoms with Gasteiger partial charge in [-0.05, 0) is 38.8 Å². The first kappa shape index (κ1) is 9.67. The van der Waals surface area contributed by atoms with Crippen LogP contribution in [0.1, 0.15) is 6.92 Å². The number of carbonyl (C=O) groups is 2. The third-order valence-corrected chi connectivity index (χ3v) is 3.20. The van der Waals surface area contributed by atoms with E-state index < -0.39 is 11.6 Å². The van der Waals surface area contributed by atoms with Gasteiger partial charge in [0, 0.05) is 5.57 Å². The van der Waals surface area contributed by atoms with E-state index in [1.165, 1.54) is 6.92 Å². The van der Waals surface area contributed by atoms with Gasteiger partial charge in [0.2, 0.25) is 11.6 Å². The molecule has 0 aliphatic heterocycles. The summed E-state index contributed by atoms with van der Waals surface area (Å²) in [4.78, 5) is 22.1. The fourth-order valence-corrected chi connectivity index (χ4v) is 1.77. The molecule has 1 N–H and O–H groups in total. The maximum atomic E-state index is 11.1. The number of aliphatic hydroxyl groups is 1. The molecule has 12 heavy (non-hydrogen) atoms. The molecule has 0 aromatic heterocycles. The molecule has 0 aromatic rings. The zero-order valence-corrected chi connectivity index (χ0v) is 9.19. The largest absolute Gasteiger partial charge is 0.505 e. The first-order valence-corrected chi connectivity index (χ1v) is 4.60. The lowest BCUT2D eigenvalue weighted by molar-refractivity contribution is -0.131. The molecule has 0 spiro atoms. The van der Waals surface area contributed by atoms with Crippen LogP contribution in [0.4, 0.5) is 0 Å². The van der Waals surface area contributed by atoms with Crippen molar-refractivity contribution in [3.05, 3.63) is 20.3 Å². The van der Waals surface area contributed by atoms with Gasteiger partial charge in [0.25, 0.3) is 0 Å². The van der Waals surface area contributed by atoms with Gasteiger partial charge in [0.05, 0.1) is 4.48 Å². The van der Waals surface area contributed by atoms with Gasteiger partial charge < -0.3 is 5.11 Å². The van der Waals surface area contributed by atoms with Crippen LogP contribution in [-0.2, 0) is 9.59 Å². The minimum absolute atomic E-state index is 0.0926. The fraction of sp³-hybridized carbons (Fsp3) is 0.143. The zero-order valence-electron chi connectivity index (χ0n) is 6.02. The van der Waals surface area contributed by atoms with E-state index in [2.05, 4.69) is 31.9 Å². The predicted molar refractivity (Wildman–Crippen MR) is 50.2 cm³/mol. The normalized spacial score (nSPS) is 19.2. The highest BCUT2D eigenvalue weighted by Crippen LogP contribution is 2.31. The average Bonchev–Trinajstić information content (AvgIpc) is 2.08. The Balaban J connectivity index is 3.37. The summed E-state index contributed by atoms with van der Waals surface area (Å²) in [6, 6.07) is 0. The molecule has 5 heteroatoms. The van der Waals surface area contributed by atoms with Gasteiger partial charge >= 0.3 is 0 Å². The van der Waals surface area contributed by atoms with Gasteiger partial charge in [0.15, 0.2) is 0 Å². The van der Waals surface area contributed by atoms with Crippen molar-refractivity contribution in [3.8, 4) is 0 Å². The van der Waals surface area contributed by atoms with E-state index in [1.807, 2.05) is 0 Å². The number of allylic oxidation sites excluding steroid dienone is 3. The highest BCUT2D eigenvalue weighted by atomic mass is 79.9. The van der Waals surface area contributed by atoms with Crippen LogP contribution in [0.25, 0.3) is 0 Å². The summed E-state index contributed by atoms with van der Waals surface area (Å²) in [5.74, 6) is -1.54. The van der Waals surface area contributed by atoms with Crippen LogP contribution >= 0.6 is 31.9 Å². The number of hydrogen-bond donors (Lipinski definition) is 1. The summed E-state index contributed by atoms with van der Waals surface area (Å²) < 4.78 is 0.170. The molecule has 3 nitrogen and oxygen atoms in total. The molecule has 0 unspecified atom stereocenters. The quantitative estimate of drug-likeness (QED) is 0.549. The van der Waals surface area contributed by atoms with Crippen LogP contribution in [0.5, 0.6) is 0 Å². The fourth-order valence-electron chi connectivity index (χ4n) is 0.751. The number of carbonyl (C=O) groups excluding carboxylic acids is 2. The highest BCUT2D eigenvalue weighted by Gasteiger charge is 2.30. The van der Waals surface area contributed by atoms with E-state index in [1.54, 1.807) is 0 Å². The summed E-state index contributed by atoms with van der Waals surface area (Å²) in [7, 11) is 0. The summed E-state index contributed by atoms with van der Waals surface area (Å²) in [6.07, 6.45) is 0. The maximum Gasteiger partial charge on any atom is 0.243 e. The van der Waals surface area contributed by atoms with Crippen molar-refractivity contribution in [1.82, 2.24) is 0 Å². The van der Waals surface area contributed by atoms with Gasteiger partial charge in [-0.15, -0.1) is 0 Å². The molecule has 64 valence electrons. The molecule has 0 bridgehead atoms. The minimum Gasteiger partial charge on any atom is -0.505 e. The number of rotatable bonds is 0. The van der Waals surface area contributed by atoms with Crippen molar-refractivity contribution < 1.29 is 14.7 Å². The first-order valence-electron chi connectivity index (χ1n) is 3.01. The van der Waals surface area contributed by atoms with E-state index in [-0.39, 0.29) is 20.3 Å². The second kappa shape index (κ2) is 3.14. The molecule has 0 fully saturated rings. The Morgan fingerprint density at radius 3 is 2.08 bits per heavy atom. The molecule has 1 aliphatic rings. The Morgan fingerprint density at radius 2 is 1.58 bits per heavy atom. The lowest BCUT2D eigenvalue weighted by atomic mass is 10.0. The molecule has 0 saturated carbocycles. The van der Waals surface area contributed by atoms with Crippen LogP contribution in [0.15, 0.2) is 20.3 Å². The number of hydrogen-bond acceptors (Lipinski definition) is 3. The smallest absolute Gasteiger partial charge is 0.243 e. The Kier molecular flexibility index (Phi) is 2.53. The van der Waals surface area contributed by atoms with E-state index in [9.17, 15) is 14.7 Å².